The third-order valence-corrected chi connectivity index (χ3v) is 3.48. The third-order valence-electron chi connectivity index (χ3n) is 3.48. The molecule has 100 valence electrons. The maximum Gasteiger partial charge on any atom is 0.0994 e. The van der Waals surface area contributed by atoms with E-state index in [1.807, 2.05) is 13.1 Å². The van der Waals surface area contributed by atoms with Gasteiger partial charge in [-0.05, 0) is 37.9 Å². The molecule has 0 saturated carbocycles. The van der Waals surface area contributed by atoms with Gasteiger partial charge in [0.1, 0.15) is 0 Å². The molecule has 2 rings (SSSR count). The van der Waals surface area contributed by atoms with Gasteiger partial charge in [0.25, 0.3) is 0 Å². The molecule has 1 aliphatic heterocycles. The fraction of sp³-hybridized carbons (Fsp3) is 0.600. The monoisotopic (exact) mass is 248 g/mol. The zero-order valence-corrected chi connectivity index (χ0v) is 11.3. The van der Waals surface area contributed by atoms with Crippen molar-refractivity contribution in [3.05, 3.63) is 35.9 Å². The molecule has 1 aromatic carbocycles. The van der Waals surface area contributed by atoms with Crippen LogP contribution in [0, 0.1) is 5.92 Å². The van der Waals surface area contributed by atoms with Crippen molar-refractivity contribution < 1.29 is 4.74 Å². The van der Waals surface area contributed by atoms with Crippen LogP contribution < -0.4 is 5.32 Å². The average Bonchev–Trinajstić information content (AvgIpc) is 2.41. The highest BCUT2D eigenvalue weighted by atomic mass is 16.5. The van der Waals surface area contributed by atoms with Gasteiger partial charge in [0.05, 0.1) is 13.3 Å². The van der Waals surface area contributed by atoms with Crippen molar-refractivity contribution in [3.63, 3.8) is 0 Å². The van der Waals surface area contributed by atoms with Crippen LogP contribution in [0.25, 0.3) is 0 Å². The van der Waals surface area contributed by atoms with E-state index >= 15 is 0 Å². The second-order valence-corrected chi connectivity index (χ2v) is 5.11. The van der Waals surface area contributed by atoms with E-state index in [-0.39, 0.29) is 0 Å². The standard InChI is InChI=1S/C15H24N2O/c1-16-10-15-8-5-9-17(11-15)13-18-12-14-6-3-2-4-7-14/h2-4,6-7,15-16H,5,8-13H2,1H3. The molecule has 0 aromatic heterocycles. The molecular weight excluding hydrogens is 224 g/mol. The van der Waals surface area contributed by atoms with Gasteiger partial charge < -0.3 is 10.1 Å². The molecule has 0 bridgehead atoms. The lowest BCUT2D eigenvalue weighted by Gasteiger charge is -2.32. The molecular formula is C15H24N2O. The van der Waals surface area contributed by atoms with Gasteiger partial charge >= 0.3 is 0 Å². The Kier molecular flexibility index (Phi) is 5.65. The first-order valence-electron chi connectivity index (χ1n) is 6.87. The van der Waals surface area contributed by atoms with Crippen LogP contribution in [0.1, 0.15) is 18.4 Å². The van der Waals surface area contributed by atoms with Gasteiger partial charge in [-0.15, -0.1) is 0 Å². The molecule has 1 saturated heterocycles. The Balaban J connectivity index is 1.67. The van der Waals surface area contributed by atoms with E-state index in [9.17, 15) is 0 Å². The molecule has 1 unspecified atom stereocenters. The first-order chi connectivity index (χ1) is 8.88. The fourth-order valence-electron chi connectivity index (χ4n) is 2.59. The molecule has 1 N–H and O–H groups in total. The zero-order valence-electron chi connectivity index (χ0n) is 11.3. The van der Waals surface area contributed by atoms with Crippen molar-refractivity contribution in [2.45, 2.75) is 19.4 Å². The molecule has 3 heteroatoms. The van der Waals surface area contributed by atoms with E-state index in [0.29, 0.717) is 6.61 Å². The number of hydrogen-bond acceptors (Lipinski definition) is 3. The van der Waals surface area contributed by atoms with Crippen molar-refractivity contribution in [2.75, 3.05) is 33.4 Å². The maximum absolute atomic E-state index is 5.79. The van der Waals surface area contributed by atoms with Gasteiger partial charge in [0.2, 0.25) is 0 Å². The van der Waals surface area contributed by atoms with Crippen molar-refractivity contribution in [2.24, 2.45) is 5.92 Å². The summed E-state index contributed by atoms with van der Waals surface area (Å²) < 4.78 is 5.79. The number of rotatable bonds is 6. The molecule has 1 atom stereocenters. The highest BCUT2D eigenvalue weighted by Gasteiger charge is 2.18. The number of benzene rings is 1. The lowest BCUT2D eigenvalue weighted by atomic mass is 9.98. The smallest absolute Gasteiger partial charge is 0.0994 e. The van der Waals surface area contributed by atoms with Crippen LogP contribution in [0.2, 0.25) is 0 Å². The number of nitrogens with one attached hydrogen (secondary N) is 1. The molecule has 1 aliphatic rings. The second kappa shape index (κ2) is 7.52. The fourth-order valence-corrected chi connectivity index (χ4v) is 2.59. The number of nitrogens with zero attached hydrogens (tertiary/aromatic N) is 1. The number of ether oxygens (including phenoxy) is 1. The van der Waals surface area contributed by atoms with Crippen molar-refractivity contribution in [1.82, 2.24) is 10.2 Å². The summed E-state index contributed by atoms with van der Waals surface area (Å²) in [5.41, 5.74) is 1.25. The highest BCUT2D eigenvalue weighted by molar-refractivity contribution is 5.13. The molecule has 18 heavy (non-hydrogen) atoms. The van der Waals surface area contributed by atoms with Crippen LogP contribution in [0.5, 0.6) is 0 Å². The lowest BCUT2D eigenvalue weighted by molar-refractivity contribution is -0.00155. The molecule has 1 heterocycles. The number of hydrogen-bond donors (Lipinski definition) is 1. The Labute approximate surface area is 110 Å². The van der Waals surface area contributed by atoms with Gasteiger partial charge in [-0.1, -0.05) is 30.3 Å². The zero-order chi connectivity index (χ0) is 12.6. The maximum atomic E-state index is 5.79. The Morgan fingerprint density at radius 2 is 2.17 bits per heavy atom. The predicted molar refractivity (Wildman–Crippen MR) is 74.3 cm³/mol. The van der Waals surface area contributed by atoms with Crippen LogP contribution in [-0.4, -0.2) is 38.3 Å². The normalized spacial score (nSPS) is 21.1. The van der Waals surface area contributed by atoms with E-state index in [2.05, 4.69) is 34.5 Å². The topological polar surface area (TPSA) is 24.5 Å². The van der Waals surface area contributed by atoms with E-state index in [4.69, 9.17) is 4.74 Å². The molecule has 1 fully saturated rings. The van der Waals surface area contributed by atoms with Crippen molar-refractivity contribution in [3.8, 4) is 0 Å². The molecule has 0 spiro atoms. The van der Waals surface area contributed by atoms with E-state index in [1.54, 1.807) is 0 Å². The summed E-state index contributed by atoms with van der Waals surface area (Å²) in [5, 5.41) is 3.27. The predicted octanol–water partition coefficient (Wildman–Crippen LogP) is 2.09. The third kappa shape index (κ3) is 4.41. The van der Waals surface area contributed by atoms with Gasteiger partial charge in [-0.25, -0.2) is 0 Å². The SMILES string of the molecule is CNCC1CCCN(COCc2ccccc2)C1. The molecule has 0 radical (unpaired) electrons. The second-order valence-electron chi connectivity index (χ2n) is 5.11. The first kappa shape index (κ1) is 13.5. The number of likely N-dealkylation sites (tertiary alicyclic amines) is 1. The van der Waals surface area contributed by atoms with Crippen LogP contribution >= 0.6 is 0 Å². The molecule has 3 nitrogen and oxygen atoms in total. The molecule has 1 aromatic rings. The number of piperidine rings is 1. The summed E-state index contributed by atoms with van der Waals surface area (Å²) in [6.45, 7) is 4.93. The first-order valence-corrected chi connectivity index (χ1v) is 6.87. The average molecular weight is 248 g/mol. The summed E-state index contributed by atoms with van der Waals surface area (Å²) in [4.78, 5) is 2.43. The van der Waals surface area contributed by atoms with Crippen LogP contribution in [0.3, 0.4) is 0 Å². The van der Waals surface area contributed by atoms with Crippen LogP contribution in [0.15, 0.2) is 30.3 Å². The summed E-state index contributed by atoms with van der Waals surface area (Å²) in [5.74, 6) is 0.782. The van der Waals surface area contributed by atoms with E-state index in [0.717, 1.165) is 25.7 Å². The quantitative estimate of drug-likeness (QED) is 0.834. The lowest BCUT2D eigenvalue weighted by Crippen LogP contribution is -2.40. The minimum atomic E-state index is 0.716. The van der Waals surface area contributed by atoms with Crippen LogP contribution in [0.4, 0.5) is 0 Å². The Morgan fingerprint density at radius 3 is 2.94 bits per heavy atom. The van der Waals surface area contributed by atoms with Crippen molar-refractivity contribution in [1.29, 1.82) is 0 Å². The van der Waals surface area contributed by atoms with Gasteiger partial charge in [-0.3, -0.25) is 4.90 Å². The van der Waals surface area contributed by atoms with E-state index in [1.165, 1.54) is 24.9 Å². The Morgan fingerprint density at radius 1 is 1.33 bits per heavy atom. The van der Waals surface area contributed by atoms with Gasteiger partial charge in [0.15, 0.2) is 0 Å². The summed E-state index contributed by atoms with van der Waals surface area (Å²) in [6.07, 6.45) is 2.64. The summed E-state index contributed by atoms with van der Waals surface area (Å²) in [6, 6.07) is 10.4. The Bertz CT molecular complexity index is 327. The molecule has 0 amide bonds. The van der Waals surface area contributed by atoms with Gasteiger partial charge in [0, 0.05) is 13.1 Å². The minimum Gasteiger partial charge on any atom is -0.361 e. The summed E-state index contributed by atoms with van der Waals surface area (Å²) in [7, 11) is 2.03. The largest absolute Gasteiger partial charge is 0.361 e. The van der Waals surface area contributed by atoms with E-state index < -0.39 is 0 Å². The van der Waals surface area contributed by atoms with Crippen molar-refractivity contribution >= 4 is 0 Å². The Hall–Kier alpha value is -0.900. The minimum absolute atomic E-state index is 0.716. The highest BCUT2D eigenvalue weighted by Crippen LogP contribution is 2.15. The van der Waals surface area contributed by atoms with Gasteiger partial charge in [-0.2, -0.15) is 0 Å². The molecule has 0 aliphatic carbocycles. The van der Waals surface area contributed by atoms with Crippen LogP contribution in [-0.2, 0) is 11.3 Å². The summed E-state index contributed by atoms with van der Waals surface area (Å²) >= 11 is 0.